The number of nitrogens with zero attached hydrogens (tertiary/aromatic N) is 4. The van der Waals surface area contributed by atoms with Gasteiger partial charge in [-0.1, -0.05) is 12.1 Å². The number of hydrogen-bond donors (Lipinski definition) is 3. The standard InChI is InChI=1S/C25H29N7O5/c1-25(2,3)37-23(33)28-19-10-8-7-9-18(19)27-22-26-14-20-21(29-22)31(4)24(34)32(30-20)15-11-16(35-5)13-17(12-15)36-6/h7-14,30H,1-6H3,(H,28,33)(H,26,27,29). The maximum Gasteiger partial charge on any atom is 0.412 e. The fourth-order valence-electron chi connectivity index (χ4n) is 3.51. The van der Waals surface area contributed by atoms with E-state index in [1.807, 2.05) is 0 Å². The number of nitrogens with one attached hydrogen (secondary N) is 3. The lowest BCUT2D eigenvalue weighted by Crippen LogP contribution is -2.49. The minimum absolute atomic E-state index is 0.232. The van der Waals surface area contributed by atoms with Gasteiger partial charge in [0.2, 0.25) is 5.95 Å². The molecule has 0 spiro atoms. The van der Waals surface area contributed by atoms with Crippen molar-refractivity contribution in [2.45, 2.75) is 26.4 Å². The van der Waals surface area contributed by atoms with E-state index in [0.29, 0.717) is 40.1 Å². The van der Waals surface area contributed by atoms with Gasteiger partial charge >= 0.3 is 12.1 Å². The molecule has 0 atom stereocenters. The van der Waals surface area contributed by atoms with Gasteiger partial charge in [-0.3, -0.25) is 15.6 Å². The van der Waals surface area contributed by atoms with Gasteiger partial charge in [-0.05, 0) is 32.9 Å². The Bertz CT molecular complexity index is 1300. The van der Waals surface area contributed by atoms with Crippen LogP contribution in [0.5, 0.6) is 11.5 Å². The van der Waals surface area contributed by atoms with Crippen molar-refractivity contribution in [1.29, 1.82) is 0 Å². The largest absolute Gasteiger partial charge is 0.497 e. The van der Waals surface area contributed by atoms with Crippen molar-refractivity contribution in [3.63, 3.8) is 0 Å². The molecule has 3 aromatic rings. The number of rotatable bonds is 6. The Morgan fingerprint density at radius 3 is 2.30 bits per heavy atom. The highest BCUT2D eigenvalue weighted by molar-refractivity contribution is 6.09. The molecule has 37 heavy (non-hydrogen) atoms. The fourth-order valence-corrected chi connectivity index (χ4v) is 3.51. The number of aromatic nitrogens is 2. The molecule has 0 bridgehead atoms. The maximum atomic E-state index is 13.2. The molecule has 2 heterocycles. The van der Waals surface area contributed by atoms with Gasteiger partial charge in [0, 0.05) is 25.2 Å². The number of benzene rings is 2. The van der Waals surface area contributed by atoms with Gasteiger partial charge in [-0.2, -0.15) is 4.98 Å². The molecule has 0 saturated heterocycles. The number of fused-ring (bicyclic) bond motifs is 1. The van der Waals surface area contributed by atoms with Gasteiger partial charge in [-0.15, -0.1) is 0 Å². The predicted molar refractivity (Wildman–Crippen MR) is 141 cm³/mol. The first kappa shape index (κ1) is 25.4. The SMILES string of the molecule is COc1cc(OC)cc(N2Nc3cnc(Nc4ccccc4NC(=O)OC(C)(C)C)nc3N(C)C2=O)c1. The molecule has 0 unspecified atom stereocenters. The van der Waals surface area contributed by atoms with Gasteiger partial charge in [0.15, 0.2) is 5.82 Å². The summed E-state index contributed by atoms with van der Waals surface area (Å²) in [5.74, 6) is 1.67. The van der Waals surface area contributed by atoms with Crippen LogP contribution < -0.4 is 35.4 Å². The molecule has 12 heteroatoms. The summed E-state index contributed by atoms with van der Waals surface area (Å²) in [6.07, 6.45) is 0.971. The summed E-state index contributed by atoms with van der Waals surface area (Å²) in [6, 6.07) is 11.8. The monoisotopic (exact) mass is 507 g/mol. The number of amides is 3. The summed E-state index contributed by atoms with van der Waals surface area (Å²) in [7, 11) is 4.69. The van der Waals surface area contributed by atoms with Crippen molar-refractivity contribution in [3.8, 4) is 11.5 Å². The summed E-state index contributed by atoms with van der Waals surface area (Å²) in [5, 5.41) is 7.17. The van der Waals surface area contributed by atoms with Crippen molar-refractivity contribution in [1.82, 2.24) is 9.97 Å². The molecule has 12 nitrogen and oxygen atoms in total. The summed E-state index contributed by atoms with van der Waals surface area (Å²) in [5.41, 5.74) is 4.48. The average Bonchev–Trinajstić information content (AvgIpc) is 2.86. The van der Waals surface area contributed by atoms with E-state index in [1.54, 1.807) is 76.5 Å². The number of anilines is 6. The molecule has 4 rings (SSSR count). The third-order valence-electron chi connectivity index (χ3n) is 5.20. The van der Waals surface area contributed by atoms with Crippen LogP contribution in [-0.4, -0.2) is 49.0 Å². The average molecular weight is 508 g/mol. The van der Waals surface area contributed by atoms with E-state index in [4.69, 9.17) is 14.2 Å². The van der Waals surface area contributed by atoms with Crippen LogP contribution in [0.25, 0.3) is 0 Å². The highest BCUT2D eigenvalue weighted by Gasteiger charge is 2.31. The molecule has 2 aromatic carbocycles. The summed E-state index contributed by atoms with van der Waals surface area (Å²) in [4.78, 5) is 35.8. The van der Waals surface area contributed by atoms with E-state index in [9.17, 15) is 9.59 Å². The molecule has 0 radical (unpaired) electrons. The van der Waals surface area contributed by atoms with Crippen molar-refractivity contribution >= 4 is 46.6 Å². The van der Waals surface area contributed by atoms with Crippen LogP contribution in [0.1, 0.15) is 20.8 Å². The van der Waals surface area contributed by atoms with Gasteiger partial charge in [0.05, 0.1) is 37.5 Å². The lowest BCUT2D eigenvalue weighted by molar-refractivity contribution is 0.0636. The minimum Gasteiger partial charge on any atom is -0.497 e. The van der Waals surface area contributed by atoms with E-state index in [0.717, 1.165) is 0 Å². The normalized spacial score (nSPS) is 12.9. The third kappa shape index (κ3) is 5.74. The second-order valence-corrected chi connectivity index (χ2v) is 9.09. The van der Waals surface area contributed by atoms with E-state index >= 15 is 0 Å². The number of urea groups is 1. The molecule has 1 aliphatic heterocycles. The molecule has 0 aliphatic carbocycles. The van der Waals surface area contributed by atoms with Crippen LogP contribution >= 0.6 is 0 Å². The predicted octanol–water partition coefficient (Wildman–Crippen LogP) is 4.99. The Hall–Kier alpha value is -4.74. The smallest absolute Gasteiger partial charge is 0.412 e. The topological polar surface area (TPSA) is 130 Å². The van der Waals surface area contributed by atoms with Crippen LogP contribution in [0.2, 0.25) is 0 Å². The lowest BCUT2D eigenvalue weighted by atomic mass is 10.2. The zero-order chi connectivity index (χ0) is 26.7. The number of para-hydroxylation sites is 2. The van der Waals surface area contributed by atoms with Crippen LogP contribution in [0, 0.1) is 0 Å². The summed E-state index contributed by atoms with van der Waals surface area (Å²) in [6.45, 7) is 5.36. The Morgan fingerprint density at radius 1 is 1.03 bits per heavy atom. The Kier molecular flexibility index (Phi) is 6.92. The highest BCUT2D eigenvalue weighted by Crippen LogP contribution is 2.35. The van der Waals surface area contributed by atoms with Gasteiger partial charge in [-0.25, -0.2) is 19.6 Å². The molecule has 0 fully saturated rings. The first-order chi connectivity index (χ1) is 17.6. The number of hydrazine groups is 1. The first-order valence-electron chi connectivity index (χ1n) is 11.4. The number of carbonyl (C=O) groups excluding carboxylic acids is 2. The molecule has 3 N–H and O–H groups in total. The van der Waals surface area contributed by atoms with Crippen molar-refractivity contribution in [2.75, 3.05) is 47.2 Å². The van der Waals surface area contributed by atoms with Gasteiger partial charge < -0.3 is 19.5 Å². The second-order valence-electron chi connectivity index (χ2n) is 9.09. The van der Waals surface area contributed by atoms with E-state index in [2.05, 4.69) is 26.0 Å². The number of hydrogen-bond acceptors (Lipinski definition) is 9. The zero-order valence-electron chi connectivity index (χ0n) is 21.4. The quantitative estimate of drug-likeness (QED) is 0.422. The summed E-state index contributed by atoms with van der Waals surface area (Å²) >= 11 is 0. The van der Waals surface area contributed by atoms with Crippen LogP contribution in [0.4, 0.5) is 44.1 Å². The number of ether oxygens (including phenoxy) is 3. The lowest BCUT2D eigenvalue weighted by Gasteiger charge is -2.35. The van der Waals surface area contributed by atoms with Crippen molar-refractivity contribution in [3.05, 3.63) is 48.7 Å². The van der Waals surface area contributed by atoms with Crippen LogP contribution in [0.3, 0.4) is 0 Å². The highest BCUT2D eigenvalue weighted by atomic mass is 16.6. The minimum atomic E-state index is -0.637. The maximum absolute atomic E-state index is 13.2. The zero-order valence-corrected chi connectivity index (χ0v) is 21.4. The van der Waals surface area contributed by atoms with Gasteiger partial charge in [0.25, 0.3) is 0 Å². The molecule has 0 saturated carbocycles. The molecule has 3 amide bonds. The second kappa shape index (κ2) is 10.1. The summed E-state index contributed by atoms with van der Waals surface area (Å²) < 4.78 is 16.0. The van der Waals surface area contributed by atoms with Gasteiger partial charge in [0.1, 0.15) is 22.8 Å². The van der Waals surface area contributed by atoms with E-state index in [-0.39, 0.29) is 12.0 Å². The number of carbonyl (C=O) groups is 2. The van der Waals surface area contributed by atoms with E-state index < -0.39 is 11.7 Å². The van der Waals surface area contributed by atoms with Crippen LogP contribution in [0.15, 0.2) is 48.7 Å². The van der Waals surface area contributed by atoms with Crippen LogP contribution in [-0.2, 0) is 4.74 Å². The third-order valence-corrected chi connectivity index (χ3v) is 5.20. The number of methoxy groups -OCH3 is 2. The Balaban J connectivity index is 1.57. The van der Waals surface area contributed by atoms with Crippen molar-refractivity contribution < 1.29 is 23.8 Å². The molecular weight excluding hydrogens is 478 g/mol. The Labute approximate surface area is 214 Å². The molecule has 1 aliphatic rings. The molecular formula is C25H29N7O5. The van der Waals surface area contributed by atoms with Crippen molar-refractivity contribution in [2.24, 2.45) is 0 Å². The Morgan fingerprint density at radius 2 is 1.68 bits per heavy atom. The fraction of sp³-hybridized carbons (Fsp3) is 0.280. The first-order valence-corrected chi connectivity index (χ1v) is 11.4. The molecule has 194 valence electrons. The molecule has 1 aromatic heterocycles. The van der Waals surface area contributed by atoms with E-state index in [1.165, 1.54) is 24.1 Å².